The number of rotatable bonds is 8. The van der Waals surface area contributed by atoms with E-state index in [1.807, 2.05) is 6.92 Å². The number of hydrogen-bond acceptors (Lipinski definition) is 5. The van der Waals surface area contributed by atoms with Gasteiger partial charge in [-0.15, -0.1) is 0 Å². The van der Waals surface area contributed by atoms with Crippen LogP contribution in [-0.4, -0.2) is 69.4 Å². The fourth-order valence-corrected chi connectivity index (χ4v) is 0.720. The Morgan fingerprint density at radius 3 is 1.10 bits per heavy atom. The van der Waals surface area contributed by atoms with Crippen molar-refractivity contribution < 1.29 is 29.7 Å². The first-order valence-corrected chi connectivity index (χ1v) is 6.37. The predicted octanol–water partition coefficient (Wildman–Crippen LogP) is 0.110. The summed E-state index contributed by atoms with van der Waals surface area (Å²) in [5.74, 6) is -2.26. The predicted molar refractivity (Wildman–Crippen MR) is 80.1 cm³/mol. The van der Waals surface area contributed by atoms with E-state index in [0.717, 1.165) is 6.42 Å². The fraction of sp³-hybridized carbons (Fsp3) is 0.750. The van der Waals surface area contributed by atoms with E-state index in [-0.39, 0.29) is 35.9 Å². The van der Waals surface area contributed by atoms with Crippen molar-refractivity contribution in [3.63, 3.8) is 0 Å². The Hall–Kier alpha value is -0.904. The van der Waals surface area contributed by atoms with Crippen molar-refractivity contribution in [2.24, 2.45) is 11.5 Å². The van der Waals surface area contributed by atoms with Crippen molar-refractivity contribution in [1.29, 1.82) is 0 Å². The molecule has 120 valence electrons. The van der Waals surface area contributed by atoms with Gasteiger partial charge in [-0.05, 0) is 32.4 Å². The Morgan fingerprint density at radius 1 is 0.762 bits per heavy atom. The van der Waals surface area contributed by atoms with Gasteiger partial charge in [-0.2, -0.15) is 0 Å². The molecule has 0 aromatic heterocycles. The summed E-state index contributed by atoms with van der Waals surface area (Å²) in [4.78, 5) is 29.0. The number of carboxylic acid groups (broad SMARTS) is 3. The van der Waals surface area contributed by atoms with Gasteiger partial charge in [0.2, 0.25) is 0 Å². The minimum Gasteiger partial charge on any atom is -0.481 e. The smallest absolute Gasteiger partial charge is 0.481 e. The molecule has 0 aliphatic heterocycles. The Bertz CT molecular complexity index is 246. The van der Waals surface area contributed by atoms with Crippen LogP contribution < -0.4 is 11.5 Å². The van der Waals surface area contributed by atoms with E-state index in [2.05, 4.69) is 0 Å². The molecular formula is C12H26MgN2O6+2. The number of aliphatic carboxylic acids is 3. The average molecular weight is 319 g/mol. The van der Waals surface area contributed by atoms with Crippen molar-refractivity contribution in [3.8, 4) is 0 Å². The first-order chi connectivity index (χ1) is 9.31. The molecule has 0 bridgehead atoms. The largest absolute Gasteiger partial charge is 2.00 e. The SMILES string of the molecule is CCCC(=O)O.NCCCC(=O)O.NCCCC(=O)O.[Mg+2]. The molecule has 0 aromatic rings. The van der Waals surface area contributed by atoms with Crippen LogP contribution in [0.5, 0.6) is 0 Å². The normalized spacial score (nSPS) is 8.14. The second-order valence-electron chi connectivity index (χ2n) is 3.72. The second kappa shape index (κ2) is 24.1. The van der Waals surface area contributed by atoms with Crippen LogP contribution in [0.25, 0.3) is 0 Å². The topological polar surface area (TPSA) is 164 Å². The summed E-state index contributed by atoms with van der Waals surface area (Å²) in [6, 6.07) is 0. The monoisotopic (exact) mass is 318 g/mol. The molecular weight excluding hydrogens is 292 g/mol. The number of carbonyl (C=O) groups is 3. The number of carboxylic acids is 3. The van der Waals surface area contributed by atoms with Crippen LogP contribution in [0, 0.1) is 0 Å². The third-order valence-electron chi connectivity index (χ3n) is 1.65. The first-order valence-electron chi connectivity index (χ1n) is 6.37. The maximum Gasteiger partial charge on any atom is 2.00 e. The van der Waals surface area contributed by atoms with Gasteiger partial charge in [-0.25, -0.2) is 0 Å². The molecule has 0 aromatic carbocycles. The summed E-state index contributed by atoms with van der Waals surface area (Å²) < 4.78 is 0. The third-order valence-corrected chi connectivity index (χ3v) is 1.65. The van der Waals surface area contributed by atoms with Crippen LogP contribution in [-0.2, 0) is 14.4 Å². The van der Waals surface area contributed by atoms with Crippen LogP contribution in [0.4, 0.5) is 0 Å². The Labute approximate surface area is 141 Å². The van der Waals surface area contributed by atoms with E-state index in [9.17, 15) is 14.4 Å². The molecule has 0 amide bonds. The van der Waals surface area contributed by atoms with E-state index in [1.54, 1.807) is 0 Å². The minimum absolute atomic E-state index is 0. The second-order valence-corrected chi connectivity index (χ2v) is 3.72. The van der Waals surface area contributed by atoms with Gasteiger partial charge >= 0.3 is 41.0 Å². The Kier molecular flexibility index (Phi) is 32.5. The summed E-state index contributed by atoms with van der Waals surface area (Å²) in [6.07, 6.45) is 2.56. The summed E-state index contributed by atoms with van der Waals surface area (Å²) >= 11 is 0. The van der Waals surface area contributed by atoms with Crippen molar-refractivity contribution in [1.82, 2.24) is 0 Å². The molecule has 0 aliphatic carbocycles. The molecule has 0 rings (SSSR count). The van der Waals surface area contributed by atoms with E-state index in [0.29, 0.717) is 32.4 Å². The van der Waals surface area contributed by atoms with Crippen LogP contribution >= 0.6 is 0 Å². The zero-order chi connectivity index (χ0) is 16.4. The van der Waals surface area contributed by atoms with Gasteiger partial charge in [0.1, 0.15) is 0 Å². The Morgan fingerprint density at radius 2 is 1.05 bits per heavy atom. The molecule has 21 heavy (non-hydrogen) atoms. The van der Waals surface area contributed by atoms with Gasteiger partial charge in [0.15, 0.2) is 0 Å². The van der Waals surface area contributed by atoms with Crippen molar-refractivity contribution in [2.45, 2.75) is 45.4 Å². The van der Waals surface area contributed by atoms with Crippen LogP contribution in [0.1, 0.15) is 45.4 Å². The molecule has 0 aliphatic rings. The molecule has 0 saturated carbocycles. The molecule has 0 saturated heterocycles. The van der Waals surface area contributed by atoms with Gasteiger partial charge in [0, 0.05) is 19.3 Å². The van der Waals surface area contributed by atoms with E-state index in [1.165, 1.54) is 0 Å². The van der Waals surface area contributed by atoms with Crippen molar-refractivity contribution in [3.05, 3.63) is 0 Å². The zero-order valence-corrected chi connectivity index (χ0v) is 14.0. The molecule has 0 unspecified atom stereocenters. The van der Waals surface area contributed by atoms with Gasteiger partial charge in [-0.3, -0.25) is 14.4 Å². The molecule has 9 heteroatoms. The van der Waals surface area contributed by atoms with Crippen LogP contribution in [0.15, 0.2) is 0 Å². The molecule has 0 atom stereocenters. The van der Waals surface area contributed by atoms with Crippen LogP contribution in [0.3, 0.4) is 0 Å². The number of hydrogen-bond donors (Lipinski definition) is 5. The van der Waals surface area contributed by atoms with Gasteiger partial charge in [0.05, 0.1) is 0 Å². The summed E-state index contributed by atoms with van der Waals surface area (Å²) in [5, 5.41) is 23.9. The maximum absolute atomic E-state index is 9.70. The van der Waals surface area contributed by atoms with Gasteiger partial charge < -0.3 is 26.8 Å². The van der Waals surface area contributed by atoms with Gasteiger partial charge in [-0.1, -0.05) is 6.92 Å². The fourth-order valence-electron chi connectivity index (χ4n) is 0.720. The minimum atomic E-state index is -0.773. The first kappa shape index (κ1) is 28.3. The maximum atomic E-state index is 9.70. The summed E-state index contributed by atoms with van der Waals surface area (Å²) in [7, 11) is 0. The molecule has 8 nitrogen and oxygen atoms in total. The molecule has 0 fully saturated rings. The standard InChI is InChI=1S/2C4H9NO2.C4H8O2.Mg/c2*5-3-1-2-4(6)7;1-2-3-4(5)6;/h2*1-3,5H2,(H,6,7);2-3H2,1H3,(H,5,6);/q;;;+2. The van der Waals surface area contributed by atoms with E-state index >= 15 is 0 Å². The third kappa shape index (κ3) is 54.8. The van der Waals surface area contributed by atoms with Crippen molar-refractivity contribution >= 4 is 41.0 Å². The summed E-state index contributed by atoms with van der Waals surface area (Å²) in [6.45, 7) is 2.77. The molecule has 0 heterocycles. The zero-order valence-electron chi connectivity index (χ0n) is 12.6. The number of nitrogens with two attached hydrogens (primary N) is 2. The quantitative estimate of drug-likeness (QED) is 0.393. The van der Waals surface area contributed by atoms with Crippen molar-refractivity contribution in [2.75, 3.05) is 13.1 Å². The molecule has 7 N–H and O–H groups in total. The molecule has 0 spiro atoms. The van der Waals surface area contributed by atoms with E-state index < -0.39 is 17.9 Å². The Balaban J connectivity index is -0.000000101. The average Bonchev–Trinajstić information content (AvgIpc) is 2.35. The van der Waals surface area contributed by atoms with Gasteiger partial charge in [0.25, 0.3) is 0 Å². The summed E-state index contributed by atoms with van der Waals surface area (Å²) in [5.41, 5.74) is 10.0. The van der Waals surface area contributed by atoms with Crippen LogP contribution in [0.2, 0.25) is 0 Å². The van der Waals surface area contributed by atoms with E-state index in [4.69, 9.17) is 26.8 Å². The molecule has 0 radical (unpaired) electrons.